The van der Waals surface area contributed by atoms with Crippen LogP contribution in [0.25, 0.3) is 0 Å². The number of carboxylic acids is 1. The fraction of sp³-hybridized carbons (Fsp3) is 0.786. The third-order valence-electron chi connectivity index (χ3n) is 4.90. The second-order valence-electron chi connectivity index (χ2n) is 7.08. The number of likely N-dealkylation sites (tertiary alicyclic amines) is 1. The third kappa shape index (κ3) is 2.93. The van der Waals surface area contributed by atoms with E-state index in [0.717, 1.165) is 6.26 Å². The van der Waals surface area contributed by atoms with Crippen LogP contribution < -0.4 is 0 Å². The van der Waals surface area contributed by atoms with Crippen molar-refractivity contribution < 1.29 is 22.8 Å². The minimum absolute atomic E-state index is 0.0173. The van der Waals surface area contributed by atoms with Gasteiger partial charge >= 0.3 is 5.97 Å². The summed E-state index contributed by atoms with van der Waals surface area (Å²) in [6, 6.07) is 0. The molecule has 2 atom stereocenters. The van der Waals surface area contributed by atoms with Crippen LogP contribution in [0, 0.1) is 11.3 Å². The van der Waals surface area contributed by atoms with Gasteiger partial charge in [0.1, 0.15) is 0 Å². The SMILES string of the molecule is CC(C)c1noc(CN2C[C@@H]3CN(S(C)(=O)=O)C[C@]3(C(=O)O)C2)n1. The van der Waals surface area contributed by atoms with Crippen LogP contribution in [-0.4, -0.2) is 71.3 Å². The Morgan fingerprint density at radius 1 is 1.42 bits per heavy atom. The largest absolute Gasteiger partial charge is 0.481 e. The summed E-state index contributed by atoms with van der Waals surface area (Å²) in [6.07, 6.45) is 1.12. The maximum absolute atomic E-state index is 11.9. The molecule has 0 radical (unpaired) electrons. The Morgan fingerprint density at radius 2 is 2.12 bits per heavy atom. The van der Waals surface area contributed by atoms with Gasteiger partial charge in [-0.1, -0.05) is 19.0 Å². The van der Waals surface area contributed by atoms with Crippen molar-refractivity contribution in [3.8, 4) is 0 Å². The molecule has 0 bridgehead atoms. The second kappa shape index (κ2) is 5.78. The van der Waals surface area contributed by atoms with Crippen molar-refractivity contribution in [2.75, 3.05) is 32.4 Å². The Hall–Kier alpha value is -1.52. The highest BCUT2D eigenvalue weighted by Gasteiger charge is 2.59. The van der Waals surface area contributed by atoms with E-state index in [1.54, 1.807) is 0 Å². The molecule has 0 saturated carbocycles. The van der Waals surface area contributed by atoms with Gasteiger partial charge in [0.15, 0.2) is 5.82 Å². The molecule has 9 nitrogen and oxygen atoms in total. The van der Waals surface area contributed by atoms with Crippen LogP contribution in [0.1, 0.15) is 31.5 Å². The van der Waals surface area contributed by atoms with Gasteiger partial charge < -0.3 is 9.63 Å². The van der Waals surface area contributed by atoms with E-state index in [2.05, 4.69) is 10.1 Å². The Labute approximate surface area is 140 Å². The topological polar surface area (TPSA) is 117 Å². The van der Waals surface area contributed by atoms with Gasteiger partial charge in [-0.2, -0.15) is 4.98 Å². The summed E-state index contributed by atoms with van der Waals surface area (Å²) in [5.74, 6) is 0.0562. The van der Waals surface area contributed by atoms with Crippen LogP contribution in [-0.2, 0) is 21.4 Å². The molecule has 2 aliphatic heterocycles. The van der Waals surface area contributed by atoms with Gasteiger partial charge in [-0.25, -0.2) is 12.7 Å². The van der Waals surface area contributed by atoms with Crippen LogP contribution in [0.4, 0.5) is 0 Å². The fourth-order valence-corrected chi connectivity index (χ4v) is 4.47. The standard InChI is InChI=1S/C14H22N4O5S/c1-9(2)12-15-11(23-16-12)6-17-4-10-5-18(24(3,21)22)8-14(10,7-17)13(19)20/h9-10H,4-8H2,1-3H3,(H,19,20)/t10-,14-/m1/s1. The van der Waals surface area contributed by atoms with Crippen LogP contribution in [0.2, 0.25) is 0 Å². The molecular formula is C14H22N4O5S. The number of aromatic nitrogens is 2. The van der Waals surface area contributed by atoms with E-state index in [4.69, 9.17) is 4.52 Å². The number of fused-ring (bicyclic) bond motifs is 1. The van der Waals surface area contributed by atoms with Crippen LogP contribution in [0.15, 0.2) is 4.52 Å². The summed E-state index contributed by atoms with van der Waals surface area (Å²) in [5.41, 5.74) is -1.07. The van der Waals surface area contributed by atoms with Crippen LogP contribution in [0.3, 0.4) is 0 Å². The molecule has 0 amide bonds. The molecule has 2 fully saturated rings. The average Bonchev–Trinajstić information content (AvgIpc) is 3.09. The van der Waals surface area contributed by atoms with Crippen LogP contribution in [0.5, 0.6) is 0 Å². The zero-order valence-electron chi connectivity index (χ0n) is 14.0. The lowest BCUT2D eigenvalue weighted by atomic mass is 9.81. The summed E-state index contributed by atoms with van der Waals surface area (Å²) >= 11 is 0. The first-order valence-corrected chi connectivity index (χ1v) is 9.70. The van der Waals surface area contributed by atoms with E-state index >= 15 is 0 Å². The molecule has 3 heterocycles. The van der Waals surface area contributed by atoms with E-state index in [1.807, 2.05) is 18.7 Å². The van der Waals surface area contributed by atoms with Gasteiger partial charge in [0, 0.05) is 38.0 Å². The van der Waals surface area contributed by atoms with Crippen molar-refractivity contribution >= 4 is 16.0 Å². The zero-order chi connectivity index (χ0) is 17.7. The number of hydrogen-bond acceptors (Lipinski definition) is 7. The van der Waals surface area contributed by atoms with E-state index in [-0.39, 0.29) is 31.5 Å². The van der Waals surface area contributed by atoms with Gasteiger partial charge in [0.05, 0.1) is 18.2 Å². The van der Waals surface area contributed by atoms with Gasteiger partial charge in [-0.15, -0.1) is 0 Å². The molecule has 2 aliphatic rings. The van der Waals surface area contributed by atoms with Gasteiger partial charge in [0.25, 0.3) is 0 Å². The predicted molar refractivity (Wildman–Crippen MR) is 83.6 cm³/mol. The van der Waals surface area contributed by atoms with E-state index in [1.165, 1.54) is 4.31 Å². The van der Waals surface area contributed by atoms with Crippen molar-refractivity contribution in [3.05, 3.63) is 11.7 Å². The van der Waals surface area contributed by atoms with E-state index in [0.29, 0.717) is 24.8 Å². The highest BCUT2D eigenvalue weighted by atomic mass is 32.2. The molecule has 2 saturated heterocycles. The lowest BCUT2D eigenvalue weighted by Gasteiger charge is -2.24. The molecule has 1 N–H and O–H groups in total. The number of hydrogen-bond donors (Lipinski definition) is 1. The van der Waals surface area contributed by atoms with Crippen molar-refractivity contribution in [2.24, 2.45) is 11.3 Å². The van der Waals surface area contributed by atoms with Crippen molar-refractivity contribution in [3.63, 3.8) is 0 Å². The first kappa shape index (κ1) is 17.3. The van der Waals surface area contributed by atoms with Gasteiger partial charge in [-0.3, -0.25) is 9.69 Å². The molecule has 0 aliphatic carbocycles. The second-order valence-corrected chi connectivity index (χ2v) is 9.07. The van der Waals surface area contributed by atoms with E-state index in [9.17, 15) is 18.3 Å². The minimum atomic E-state index is -3.39. The monoisotopic (exact) mass is 358 g/mol. The highest BCUT2D eigenvalue weighted by molar-refractivity contribution is 7.88. The Kier molecular flexibility index (Phi) is 4.17. The first-order valence-electron chi connectivity index (χ1n) is 7.85. The normalized spacial score (nSPS) is 28.6. The molecule has 0 unspecified atom stereocenters. The predicted octanol–water partition coefficient (Wildman–Crippen LogP) is -0.0290. The molecule has 134 valence electrons. The quantitative estimate of drug-likeness (QED) is 0.780. The molecule has 10 heteroatoms. The molecule has 1 aromatic heterocycles. The maximum Gasteiger partial charge on any atom is 0.312 e. The summed E-state index contributed by atoms with van der Waals surface area (Å²) in [7, 11) is -3.39. The zero-order valence-corrected chi connectivity index (χ0v) is 14.8. The molecular weight excluding hydrogens is 336 g/mol. The lowest BCUT2D eigenvalue weighted by Crippen LogP contribution is -2.41. The van der Waals surface area contributed by atoms with Gasteiger partial charge in [-0.05, 0) is 0 Å². The number of nitrogens with zero attached hydrogens (tertiary/aromatic N) is 4. The van der Waals surface area contributed by atoms with Crippen molar-refractivity contribution in [2.45, 2.75) is 26.3 Å². The number of aliphatic carboxylic acids is 1. The van der Waals surface area contributed by atoms with Gasteiger partial charge in [0.2, 0.25) is 15.9 Å². The average molecular weight is 358 g/mol. The summed E-state index contributed by atoms with van der Waals surface area (Å²) in [6.45, 7) is 5.34. The Bertz CT molecular complexity index is 746. The lowest BCUT2D eigenvalue weighted by molar-refractivity contribution is -0.148. The number of sulfonamides is 1. The summed E-state index contributed by atoms with van der Waals surface area (Å²) in [4.78, 5) is 18.1. The third-order valence-corrected chi connectivity index (χ3v) is 6.12. The number of carboxylic acid groups (broad SMARTS) is 1. The molecule has 24 heavy (non-hydrogen) atoms. The smallest absolute Gasteiger partial charge is 0.312 e. The summed E-state index contributed by atoms with van der Waals surface area (Å²) < 4.78 is 30.0. The van der Waals surface area contributed by atoms with Crippen molar-refractivity contribution in [1.82, 2.24) is 19.3 Å². The van der Waals surface area contributed by atoms with Crippen molar-refractivity contribution in [1.29, 1.82) is 0 Å². The first-order chi connectivity index (χ1) is 11.1. The molecule has 1 aromatic rings. The molecule has 3 rings (SSSR count). The number of carbonyl (C=O) groups is 1. The minimum Gasteiger partial charge on any atom is -0.481 e. The number of rotatable bonds is 5. The Balaban J connectivity index is 1.74. The highest BCUT2D eigenvalue weighted by Crippen LogP contribution is 2.43. The summed E-state index contributed by atoms with van der Waals surface area (Å²) in [5, 5.41) is 13.6. The maximum atomic E-state index is 11.9. The molecule has 0 spiro atoms. The Morgan fingerprint density at radius 3 is 2.62 bits per heavy atom. The molecule has 0 aromatic carbocycles. The fourth-order valence-electron chi connectivity index (χ4n) is 3.56. The van der Waals surface area contributed by atoms with E-state index < -0.39 is 21.4 Å². The van der Waals surface area contributed by atoms with Crippen LogP contribution >= 0.6 is 0 Å².